The Morgan fingerprint density at radius 1 is 1.13 bits per heavy atom. The van der Waals surface area contributed by atoms with Crippen molar-refractivity contribution in [3.05, 3.63) is 29.3 Å². The normalized spacial score (nSPS) is 10.3. The molecule has 0 unspecified atom stereocenters. The van der Waals surface area contributed by atoms with E-state index in [2.05, 4.69) is 26.0 Å². The van der Waals surface area contributed by atoms with Gasteiger partial charge in [-0.25, -0.2) is 0 Å². The molecular weight excluding hydrogens is 208 g/mol. The third kappa shape index (κ3) is 3.75. The first-order valence-corrected chi connectivity index (χ1v) is 6.15. The summed E-state index contributed by atoms with van der Waals surface area (Å²) in [5.41, 5.74) is 2.54. The van der Waals surface area contributed by atoms with Crippen LogP contribution in [-0.2, 0) is 12.3 Å². The molecule has 15 heavy (non-hydrogen) atoms. The van der Waals surface area contributed by atoms with Crippen LogP contribution < -0.4 is 4.74 Å². The summed E-state index contributed by atoms with van der Waals surface area (Å²) in [7, 11) is 0. The number of hydrogen-bond donors (Lipinski definition) is 0. The zero-order valence-corrected chi connectivity index (χ0v) is 10.3. The first kappa shape index (κ1) is 12.4. The molecule has 0 aliphatic heterocycles. The Labute approximate surface area is 97.4 Å². The van der Waals surface area contributed by atoms with Crippen LogP contribution in [0.5, 0.6) is 5.75 Å². The van der Waals surface area contributed by atoms with E-state index in [9.17, 15) is 0 Å². The Hall–Kier alpha value is -0.690. The van der Waals surface area contributed by atoms with Gasteiger partial charge in [0.05, 0.1) is 6.61 Å². The highest BCUT2D eigenvalue weighted by atomic mass is 35.5. The summed E-state index contributed by atoms with van der Waals surface area (Å²) in [5, 5.41) is 0. The largest absolute Gasteiger partial charge is 0.494 e. The maximum absolute atomic E-state index is 5.88. The zero-order chi connectivity index (χ0) is 11.1. The Morgan fingerprint density at radius 3 is 2.53 bits per heavy atom. The fraction of sp³-hybridized carbons (Fsp3) is 0.538. The van der Waals surface area contributed by atoms with Crippen LogP contribution in [0.1, 0.15) is 37.8 Å². The van der Waals surface area contributed by atoms with Crippen LogP contribution in [0.3, 0.4) is 0 Å². The third-order valence-corrected chi connectivity index (χ3v) is 2.60. The number of ether oxygens (including phenoxy) is 1. The van der Waals surface area contributed by atoms with Gasteiger partial charge < -0.3 is 4.74 Å². The average molecular weight is 227 g/mol. The molecule has 0 spiro atoms. The second kappa shape index (κ2) is 6.73. The third-order valence-electron chi connectivity index (χ3n) is 2.31. The molecular formula is C13H19ClO. The zero-order valence-electron chi connectivity index (χ0n) is 9.55. The molecule has 1 nitrogen and oxygen atoms in total. The second-order valence-electron chi connectivity index (χ2n) is 3.66. The van der Waals surface area contributed by atoms with Crippen molar-refractivity contribution in [2.75, 3.05) is 6.61 Å². The van der Waals surface area contributed by atoms with Crippen molar-refractivity contribution in [3.63, 3.8) is 0 Å². The van der Waals surface area contributed by atoms with Crippen molar-refractivity contribution in [2.45, 2.75) is 39.0 Å². The van der Waals surface area contributed by atoms with Crippen molar-refractivity contribution in [2.24, 2.45) is 0 Å². The molecule has 1 aromatic rings. The molecule has 0 aliphatic rings. The van der Waals surface area contributed by atoms with Gasteiger partial charge in [-0.05, 0) is 36.1 Å². The van der Waals surface area contributed by atoms with E-state index in [4.69, 9.17) is 16.3 Å². The van der Waals surface area contributed by atoms with E-state index >= 15 is 0 Å². The lowest BCUT2D eigenvalue weighted by molar-refractivity contribution is 0.317. The van der Waals surface area contributed by atoms with Crippen molar-refractivity contribution in [1.82, 2.24) is 0 Å². The Kier molecular flexibility index (Phi) is 5.56. The van der Waals surface area contributed by atoms with Gasteiger partial charge in [0.15, 0.2) is 0 Å². The first-order chi connectivity index (χ1) is 7.31. The van der Waals surface area contributed by atoms with Crippen molar-refractivity contribution < 1.29 is 4.74 Å². The van der Waals surface area contributed by atoms with Gasteiger partial charge in [-0.2, -0.15) is 0 Å². The second-order valence-corrected chi connectivity index (χ2v) is 3.93. The van der Waals surface area contributed by atoms with Gasteiger partial charge in [0.2, 0.25) is 0 Å². The SMILES string of the molecule is CCCOc1ccc(CCl)c(CCC)c1. The fourth-order valence-corrected chi connectivity index (χ4v) is 1.81. The van der Waals surface area contributed by atoms with Gasteiger partial charge >= 0.3 is 0 Å². The fourth-order valence-electron chi connectivity index (χ4n) is 1.54. The summed E-state index contributed by atoms with van der Waals surface area (Å²) in [6.07, 6.45) is 3.26. The maximum atomic E-state index is 5.88. The van der Waals surface area contributed by atoms with E-state index in [-0.39, 0.29) is 0 Å². The molecule has 0 amide bonds. The predicted octanol–water partition coefficient (Wildman–Crippen LogP) is 4.17. The lowest BCUT2D eigenvalue weighted by Crippen LogP contribution is -1.98. The number of halogens is 1. The highest BCUT2D eigenvalue weighted by Crippen LogP contribution is 2.21. The molecule has 1 aromatic carbocycles. The molecule has 2 heteroatoms. The molecule has 0 N–H and O–H groups in total. The van der Waals surface area contributed by atoms with Gasteiger partial charge in [-0.3, -0.25) is 0 Å². The van der Waals surface area contributed by atoms with Gasteiger partial charge in [0.1, 0.15) is 5.75 Å². The number of rotatable bonds is 6. The van der Waals surface area contributed by atoms with Gasteiger partial charge in [0, 0.05) is 5.88 Å². The summed E-state index contributed by atoms with van der Waals surface area (Å²) >= 11 is 5.88. The smallest absolute Gasteiger partial charge is 0.119 e. The minimum absolute atomic E-state index is 0.587. The molecule has 0 fully saturated rings. The van der Waals surface area contributed by atoms with Crippen LogP contribution in [-0.4, -0.2) is 6.61 Å². The van der Waals surface area contributed by atoms with Crippen molar-refractivity contribution in [3.8, 4) is 5.75 Å². The van der Waals surface area contributed by atoms with E-state index < -0.39 is 0 Å². The quantitative estimate of drug-likeness (QED) is 0.662. The number of benzene rings is 1. The standard InChI is InChI=1S/C13H19ClO/c1-3-5-11-9-13(15-8-4-2)7-6-12(11)10-14/h6-7,9H,3-5,8,10H2,1-2H3. The molecule has 0 atom stereocenters. The highest BCUT2D eigenvalue weighted by Gasteiger charge is 2.03. The molecule has 84 valence electrons. The Bertz CT molecular complexity index is 297. The van der Waals surface area contributed by atoms with Crippen molar-refractivity contribution in [1.29, 1.82) is 0 Å². The maximum Gasteiger partial charge on any atom is 0.119 e. The molecule has 0 saturated heterocycles. The molecule has 0 saturated carbocycles. The monoisotopic (exact) mass is 226 g/mol. The molecule has 0 aromatic heterocycles. The van der Waals surface area contributed by atoms with Crippen LogP contribution in [0, 0.1) is 0 Å². The number of hydrogen-bond acceptors (Lipinski definition) is 1. The van der Waals surface area contributed by atoms with Crippen LogP contribution in [0.15, 0.2) is 18.2 Å². The van der Waals surface area contributed by atoms with Crippen molar-refractivity contribution >= 4 is 11.6 Å². The van der Waals surface area contributed by atoms with Gasteiger partial charge in [0.25, 0.3) is 0 Å². The Balaban J connectivity index is 2.79. The summed E-state index contributed by atoms with van der Waals surface area (Å²) in [4.78, 5) is 0. The molecule has 1 rings (SSSR count). The summed E-state index contributed by atoms with van der Waals surface area (Å²) < 4.78 is 5.60. The number of alkyl halides is 1. The number of aryl methyl sites for hydroxylation is 1. The van der Waals surface area contributed by atoms with E-state index in [1.54, 1.807) is 0 Å². The first-order valence-electron chi connectivity index (χ1n) is 5.62. The van der Waals surface area contributed by atoms with E-state index in [0.717, 1.165) is 31.6 Å². The van der Waals surface area contributed by atoms with Gasteiger partial charge in [-0.1, -0.05) is 26.3 Å². The minimum atomic E-state index is 0.587. The van der Waals surface area contributed by atoms with Crippen LogP contribution in [0.2, 0.25) is 0 Å². The summed E-state index contributed by atoms with van der Waals surface area (Å²) in [6, 6.07) is 6.20. The van der Waals surface area contributed by atoms with Crippen LogP contribution in [0.4, 0.5) is 0 Å². The summed E-state index contributed by atoms with van der Waals surface area (Å²) in [6.45, 7) is 5.07. The van der Waals surface area contributed by atoms with Crippen LogP contribution >= 0.6 is 11.6 Å². The topological polar surface area (TPSA) is 9.23 Å². The van der Waals surface area contributed by atoms with Gasteiger partial charge in [-0.15, -0.1) is 11.6 Å². The van der Waals surface area contributed by atoms with E-state index in [0.29, 0.717) is 5.88 Å². The highest BCUT2D eigenvalue weighted by molar-refractivity contribution is 6.17. The molecule has 0 radical (unpaired) electrons. The average Bonchev–Trinajstić information content (AvgIpc) is 2.27. The Morgan fingerprint density at radius 2 is 1.93 bits per heavy atom. The molecule has 0 bridgehead atoms. The van der Waals surface area contributed by atoms with E-state index in [1.807, 2.05) is 6.07 Å². The van der Waals surface area contributed by atoms with Crippen LogP contribution in [0.25, 0.3) is 0 Å². The lowest BCUT2D eigenvalue weighted by atomic mass is 10.0. The molecule has 0 heterocycles. The minimum Gasteiger partial charge on any atom is -0.494 e. The predicted molar refractivity (Wildman–Crippen MR) is 65.8 cm³/mol. The lowest BCUT2D eigenvalue weighted by Gasteiger charge is -2.10. The summed E-state index contributed by atoms with van der Waals surface area (Å²) in [5.74, 6) is 1.55. The van der Waals surface area contributed by atoms with E-state index in [1.165, 1.54) is 11.1 Å². The molecule has 0 aliphatic carbocycles.